The van der Waals surface area contributed by atoms with Crippen molar-refractivity contribution in [2.75, 3.05) is 20.0 Å². The van der Waals surface area contributed by atoms with Crippen molar-refractivity contribution >= 4 is 6.03 Å². The van der Waals surface area contributed by atoms with Crippen molar-refractivity contribution < 1.29 is 9.53 Å². The lowest BCUT2D eigenvalue weighted by Gasteiger charge is -2.25. The molecule has 0 bridgehead atoms. The number of rotatable bonds is 1. The van der Waals surface area contributed by atoms with Crippen molar-refractivity contribution in [3.8, 4) is 0 Å². The Bertz CT molecular complexity index is 116. The molecule has 4 nitrogen and oxygen atoms in total. The predicted molar refractivity (Wildman–Crippen MR) is 31.7 cm³/mol. The Balaban J connectivity index is 2.39. The van der Waals surface area contributed by atoms with Crippen LogP contribution in [0.5, 0.6) is 0 Å². The molecule has 2 amide bonds. The number of ether oxygens (including phenoxy) is 1. The van der Waals surface area contributed by atoms with Gasteiger partial charge >= 0.3 is 6.03 Å². The quantitative estimate of drug-likeness (QED) is 0.541. The van der Waals surface area contributed by atoms with Crippen LogP contribution in [0, 0.1) is 0 Å². The minimum Gasteiger partial charge on any atom is -0.341 e. The van der Waals surface area contributed by atoms with Crippen LogP contribution in [-0.4, -0.2) is 30.9 Å². The van der Waals surface area contributed by atoms with E-state index in [1.807, 2.05) is 6.92 Å². The molecular formula is C5H10N2O2. The van der Waals surface area contributed by atoms with Gasteiger partial charge in [-0.2, -0.15) is 0 Å². The Morgan fingerprint density at radius 2 is 2.67 bits per heavy atom. The number of hydrogen-bond donors (Lipinski definition) is 1. The molecule has 1 rings (SSSR count). The van der Waals surface area contributed by atoms with Gasteiger partial charge in [-0.15, -0.1) is 0 Å². The Morgan fingerprint density at radius 1 is 1.89 bits per heavy atom. The molecule has 0 atom stereocenters. The largest absolute Gasteiger partial charge is 0.341 e. The predicted octanol–water partition coefficient (Wildman–Crippen LogP) is -0.0369. The smallest absolute Gasteiger partial charge is 0.321 e. The molecule has 0 unspecified atom stereocenters. The minimum atomic E-state index is -0.0382. The molecular weight excluding hydrogens is 120 g/mol. The Morgan fingerprint density at radius 3 is 3.11 bits per heavy atom. The van der Waals surface area contributed by atoms with Crippen LogP contribution in [0.2, 0.25) is 0 Å². The van der Waals surface area contributed by atoms with Crippen molar-refractivity contribution in [3.63, 3.8) is 0 Å². The number of urea groups is 1. The van der Waals surface area contributed by atoms with Gasteiger partial charge in [-0.3, -0.25) is 0 Å². The molecule has 52 valence electrons. The van der Waals surface area contributed by atoms with Gasteiger partial charge in [0.2, 0.25) is 0 Å². The van der Waals surface area contributed by atoms with E-state index < -0.39 is 0 Å². The monoisotopic (exact) mass is 130 g/mol. The summed E-state index contributed by atoms with van der Waals surface area (Å²) >= 11 is 0. The fourth-order valence-corrected chi connectivity index (χ4v) is 0.674. The molecule has 0 aromatic rings. The lowest BCUT2D eigenvalue weighted by atomic mass is 10.6. The molecule has 1 saturated heterocycles. The van der Waals surface area contributed by atoms with E-state index in [4.69, 9.17) is 4.74 Å². The first-order valence-corrected chi connectivity index (χ1v) is 2.95. The van der Waals surface area contributed by atoms with Gasteiger partial charge in [0.1, 0.15) is 13.5 Å². The van der Waals surface area contributed by atoms with Crippen LogP contribution in [0.25, 0.3) is 0 Å². The summed E-state index contributed by atoms with van der Waals surface area (Å²) in [6, 6.07) is -0.0382. The minimum absolute atomic E-state index is 0.0382. The molecule has 0 aromatic carbocycles. The second-order valence-electron chi connectivity index (χ2n) is 1.82. The summed E-state index contributed by atoms with van der Waals surface area (Å²) in [5.41, 5.74) is 0. The molecule has 0 spiro atoms. The lowest BCUT2D eigenvalue weighted by molar-refractivity contribution is 0.0118. The third-order valence-electron chi connectivity index (χ3n) is 1.24. The number of nitrogens with zero attached hydrogens (tertiary/aromatic N) is 1. The van der Waals surface area contributed by atoms with Crippen LogP contribution in [0.4, 0.5) is 4.79 Å². The first kappa shape index (κ1) is 6.35. The summed E-state index contributed by atoms with van der Waals surface area (Å²) < 4.78 is 4.94. The van der Waals surface area contributed by atoms with E-state index >= 15 is 0 Å². The molecule has 4 heteroatoms. The van der Waals surface area contributed by atoms with Gasteiger partial charge in [0.05, 0.1) is 0 Å². The highest BCUT2D eigenvalue weighted by Crippen LogP contribution is 1.93. The third kappa shape index (κ3) is 1.32. The van der Waals surface area contributed by atoms with E-state index in [0.29, 0.717) is 20.0 Å². The summed E-state index contributed by atoms with van der Waals surface area (Å²) in [6.07, 6.45) is 0. The highest BCUT2D eigenvalue weighted by atomic mass is 16.5. The molecule has 9 heavy (non-hydrogen) atoms. The number of carbonyl (C=O) groups excluding carboxylic acids is 1. The van der Waals surface area contributed by atoms with Crippen molar-refractivity contribution in [3.05, 3.63) is 0 Å². The van der Waals surface area contributed by atoms with Crippen molar-refractivity contribution in [2.24, 2.45) is 0 Å². The highest BCUT2D eigenvalue weighted by Gasteiger charge is 2.14. The van der Waals surface area contributed by atoms with Crippen molar-refractivity contribution in [2.45, 2.75) is 6.92 Å². The second-order valence-corrected chi connectivity index (χ2v) is 1.82. The first-order valence-electron chi connectivity index (χ1n) is 2.95. The van der Waals surface area contributed by atoms with Gasteiger partial charge in [0.25, 0.3) is 0 Å². The fourth-order valence-electron chi connectivity index (χ4n) is 0.674. The van der Waals surface area contributed by atoms with Gasteiger partial charge in [0.15, 0.2) is 0 Å². The van der Waals surface area contributed by atoms with Crippen molar-refractivity contribution in [1.29, 1.82) is 0 Å². The van der Waals surface area contributed by atoms with E-state index in [-0.39, 0.29) is 6.03 Å². The summed E-state index contributed by atoms with van der Waals surface area (Å²) in [7, 11) is 0. The maximum absolute atomic E-state index is 10.8. The van der Waals surface area contributed by atoms with Crippen LogP contribution in [0.15, 0.2) is 0 Å². The maximum atomic E-state index is 10.8. The Hall–Kier alpha value is -0.770. The normalized spacial score (nSPS) is 19.7. The second kappa shape index (κ2) is 2.68. The summed E-state index contributed by atoms with van der Waals surface area (Å²) in [4.78, 5) is 12.3. The van der Waals surface area contributed by atoms with Gasteiger partial charge < -0.3 is 15.0 Å². The van der Waals surface area contributed by atoms with Crippen LogP contribution < -0.4 is 5.32 Å². The lowest BCUT2D eigenvalue weighted by Crippen LogP contribution is -2.47. The molecule has 0 saturated carbocycles. The number of hydrogen-bond acceptors (Lipinski definition) is 2. The molecule has 0 aliphatic carbocycles. The third-order valence-corrected chi connectivity index (χ3v) is 1.24. The first-order chi connectivity index (χ1) is 4.34. The molecule has 1 aliphatic rings. The van der Waals surface area contributed by atoms with Gasteiger partial charge in [-0.25, -0.2) is 4.79 Å². The van der Waals surface area contributed by atoms with Gasteiger partial charge in [-0.1, -0.05) is 0 Å². The Kier molecular flexibility index (Phi) is 1.89. The SMILES string of the molecule is CCN1COCNC1=O. The number of amides is 2. The van der Waals surface area contributed by atoms with Crippen molar-refractivity contribution in [1.82, 2.24) is 10.2 Å². The summed E-state index contributed by atoms with van der Waals surface area (Å²) in [6.45, 7) is 3.37. The zero-order valence-electron chi connectivity index (χ0n) is 5.39. The molecule has 1 aliphatic heterocycles. The molecule has 1 N–H and O–H groups in total. The van der Waals surface area contributed by atoms with Gasteiger partial charge in [0, 0.05) is 6.54 Å². The number of nitrogens with one attached hydrogen (secondary N) is 1. The van der Waals surface area contributed by atoms with E-state index in [1.165, 1.54) is 0 Å². The fraction of sp³-hybridized carbons (Fsp3) is 0.800. The van der Waals surface area contributed by atoms with E-state index in [2.05, 4.69) is 5.32 Å². The highest BCUT2D eigenvalue weighted by molar-refractivity contribution is 5.74. The average Bonchev–Trinajstić information content (AvgIpc) is 1.89. The van der Waals surface area contributed by atoms with E-state index in [0.717, 1.165) is 0 Å². The zero-order chi connectivity index (χ0) is 6.69. The molecule has 0 radical (unpaired) electrons. The standard InChI is InChI=1S/C5H10N2O2/c1-2-7-4-9-3-6-5(7)8/h2-4H2,1H3,(H,6,8). The van der Waals surface area contributed by atoms with Crippen LogP contribution >= 0.6 is 0 Å². The van der Waals surface area contributed by atoms with E-state index in [9.17, 15) is 4.79 Å². The molecule has 0 aromatic heterocycles. The average molecular weight is 130 g/mol. The topological polar surface area (TPSA) is 41.6 Å². The van der Waals surface area contributed by atoms with Crippen LogP contribution in [0.3, 0.4) is 0 Å². The van der Waals surface area contributed by atoms with Crippen LogP contribution in [-0.2, 0) is 4.74 Å². The zero-order valence-corrected chi connectivity index (χ0v) is 5.39. The Labute approximate surface area is 53.8 Å². The molecule has 1 fully saturated rings. The van der Waals surface area contributed by atoms with Gasteiger partial charge in [-0.05, 0) is 6.92 Å². The number of carbonyl (C=O) groups is 1. The maximum Gasteiger partial charge on any atom is 0.321 e. The molecule has 1 heterocycles. The summed E-state index contributed by atoms with van der Waals surface area (Å²) in [5.74, 6) is 0. The van der Waals surface area contributed by atoms with E-state index in [1.54, 1.807) is 4.90 Å². The van der Waals surface area contributed by atoms with Crippen LogP contribution in [0.1, 0.15) is 6.92 Å². The summed E-state index contributed by atoms with van der Waals surface area (Å²) in [5, 5.41) is 2.55.